The van der Waals surface area contributed by atoms with E-state index in [1.165, 1.54) is 0 Å². The molecule has 0 radical (unpaired) electrons. The van der Waals surface area contributed by atoms with E-state index in [4.69, 9.17) is 0 Å². The van der Waals surface area contributed by atoms with Crippen LogP contribution < -0.4 is 5.32 Å². The minimum absolute atomic E-state index is 0.341. The Morgan fingerprint density at radius 1 is 0.957 bits per heavy atom. The van der Waals surface area contributed by atoms with E-state index < -0.39 is 22.0 Å². The first-order valence-corrected chi connectivity index (χ1v) is 8.05. The number of carbonyl (C=O) groups excluding carboxylic acids is 3. The highest BCUT2D eigenvalue weighted by Gasteiger charge is 2.77. The molecule has 2 bridgehead atoms. The smallest absolute Gasteiger partial charge is 0.239 e. The number of nitrogens with one attached hydrogen (secondary N) is 1. The molecule has 3 rings (SSSR count). The van der Waals surface area contributed by atoms with Crippen molar-refractivity contribution in [3.63, 3.8) is 0 Å². The highest BCUT2D eigenvalue weighted by Crippen LogP contribution is 2.69. The molecule has 1 N–H and O–H groups in total. The van der Waals surface area contributed by atoms with Crippen molar-refractivity contribution in [1.82, 2.24) is 0 Å². The van der Waals surface area contributed by atoms with Crippen molar-refractivity contribution in [3.8, 4) is 0 Å². The molecule has 4 nitrogen and oxygen atoms in total. The number of amides is 1. The number of hydrogen-bond donors (Lipinski definition) is 1. The van der Waals surface area contributed by atoms with Gasteiger partial charge in [-0.1, -0.05) is 26.8 Å². The fourth-order valence-corrected chi connectivity index (χ4v) is 4.56. The van der Waals surface area contributed by atoms with Crippen LogP contribution in [0.4, 0.5) is 5.69 Å². The first kappa shape index (κ1) is 15.9. The number of carbonyl (C=O) groups is 3. The van der Waals surface area contributed by atoms with Crippen LogP contribution in [0.1, 0.15) is 44.7 Å². The molecule has 2 saturated carbocycles. The Bertz CT molecular complexity index is 729. The molecule has 122 valence electrons. The number of aryl methyl sites for hydroxylation is 2. The third kappa shape index (κ3) is 1.75. The molecule has 0 spiro atoms. The highest BCUT2D eigenvalue weighted by molar-refractivity contribution is 6.49. The van der Waals surface area contributed by atoms with Gasteiger partial charge in [-0.2, -0.15) is 0 Å². The van der Waals surface area contributed by atoms with Gasteiger partial charge in [-0.15, -0.1) is 0 Å². The SMILES string of the molecule is Cc1cc(C)cc(NC(=O)[C@@]23CC[C@@](C)(C(=O)C2=O)C3(C)C)c1. The molecule has 2 atom stereocenters. The summed E-state index contributed by atoms with van der Waals surface area (Å²) in [5.41, 5.74) is 0.125. The fraction of sp³-hybridized carbons (Fsp3) is 0.526. The standard InChI is InChI=1S/C19H23NO3/c1-11-8-12(2)10-13(9-11)20-16(23)19-7-6-18(5,17(19,3)4)14(21)15(19)22/h8-10H,6-7H2,1-5H3,(H,20,23)/t18-,19+/m0/s1. The molecule has 0 heterocycles. The van der Waals surface area contributed by atoms with Crippen LogP contribution in [0.5, 0.6) is 0 Å². The Morgan fingerprint density at radius 3 is 2.00 bits per heavy atom. The lowest BCUT2D eigenvalue weighted by Gasteiger charge is -2.37. The van der Waals surface area contributed by atoms with Crippen LogP contribution in [-0.2, 0) is 14.4 Å². The average molecular weight is 313 g/mol. The van der Waals surface area contributed by atoms with E-state index in [0.717, 1.165) is 11.1 Å². The molecule has 2 aliphatic carbocycles. The molecule has 0 unspecified atom stereocenters. The van der Waals surface area contributed by atoms with E-state index in [0.29, 0.717) is 18.5 Å². The second-order valence-corrected chi connectivity index (χ2v) is 7.85. The summed E-state index contributed by atoms with van der Waals surface area (Å²) in [5.74, 6) is -1.24. The summed E-state index contributed by atoms with van der Waals surface area (Å²) in [4.78, 5) is 38.2. The van der Waals surface area contributed by atoms with Gasteiger partial charge in [-0.05, 0) is 55.4 Å². The van der Waals surface area contributed by atoms with Crippen LogP contribution in [0.25, 0.3) is 0 Å². The number of fused-ring (bicyclic) bond motifs is 2. The lowest BCUT2D eigenvalue weighted by molar-refractivity contribution is -0.147. The maximum Gasteiger partial charge on any atom is 0.239 e. The zero-order valence-corrected chi connectivity index (χ0v) is 14.4. The summed E-state index contributed by atoms with van der Waals surface area (Å²) in [5, 5.41) is 2.90. The summed E-state index contributed by atoms with van der Waals surface area (Å²) in [7, 11) is 0. The zero-order chi connectivity index (χ0) is 17.2. The van der Waals surface area contributed by atoms with Crippen molar-refractivity contribution in [3.05, 3.63) is 29.3 Å². The summed E-state index contributed by atoms with van der Waals surface area (Å²) < 4.78 is 0. The largest absolute Gasteiger partial charge is 0.325 e. The van der Waals surface area contributed by atoms with Crippen LogP contribution in [0.15, 0.2) is 18.2 Å². The lowest BCUT2D eigenvalue weighted by Crippen LogP contribution is -2.47. The first-order valence-electron chi connectivity index (χ1n) is 8.05. The highest BCUT2D eigenvalue weighted by atomic mass is 16.2. The summed E-state index contributed by atoms with van der Waals surface area (Å²) in [6, 6.07) is 5.78. The molecule has 1 aromatic carbocycles. The Balaban J connectivity index is 2.02. The number of hydrogen-bond acceptors (Lipinski definition) is 3. The molecule has 1 amide bonds. The molecular weight excluding hydrogens is 290 g/mol. The van der Waals surface area contributed by atoms with Crippen molar-refractivity contribution in [1.29, 1.82) is 0 Å². The van der Waals surface area contributed by atoms with E-state index in [9.17, 15) is 14.4 Å². The Hall–Kier alpha value is -1.97. The van der Waals surface area contributed by atoms with Crippen molar-refractivity contribution < 1.29 is 14.4 Å². The number of ketones is 2. The van der Waals surface area contributed by atoms with Gasteiger partial charge in [0, 0.05) is 11.1 Å². The molecule has 1 aromatic rings. The third-order valence-electron chi connectivity index (χ3n) is 6.41. The van der Waals surface area contributed by atoms with E-state index in [-0.39, 0.29) is 11.7 Å². The van der Waals surface area contributed by atoms with Gasteiger partial charge in [-0.3, -0.25) is 14.4 Å². The monoisotopic (exact) mass is 313 g/mol. The number of rotatable bonds is 2. The lowest BCUT2D eigenvalue weighted by atomic mass is 9.64. The van der Waals surface area contributed by atoms with Gasteiger partial charge in [-0.25, -0.2) is 0 Å². The van der Waals surface area contributed by atoms with Gasteiger partial charge in [0.05, 0.1) is 0 Å². The van der Waals surface area contributed by atoms with Crippen LogP contribution in [0, 0.1) is 30.1 Å². The van der Waals surface area contributed by atoms with E-state index in [1.807, 2.05) is 52.8 Å². The van der Waals surface area contributed by atoms with Crippen LogP contribution in [0.2, 0.25) is 0 Å². The van der Waals surface area contributed by atoms with Crippen LogP contribution >= 0.6 is 0 Å². The maximum absolute atomic E-state index is 13.0. The second-order valence-electron chi connectivity index (χ2n) is 7.85. The zero-order valence-electron chi connectivity index (χ0n) is 14.4. The predicted molar refractivity (Wildman–Crippen MR) is 88.1 cm³/mol. The van der Waals surface area contributed by atoms with Crippen molar-refractivity contribution in [2.24, 2.45) is 16.2 Å². The minimum atomic E-state index is -1.24. The average Bonchev–Trinajstić information content (AvgIpc) is 2.70. The van der Waals surface area contributed by atoms with Gasteiger partial charge in [0.25, 0.3) is 0 Å². The Morgan fingerprint density at radius 2 is 1.52 bits per heavy atom. The van der Waals surface area contributed by atoms with Gasteiger partial charge >= 0.3 is 0 Å². The second kappa shape index (κ2) is 4.53. The molecule has 23 heavy (non-hydrogen) atoms. The fourth-order valence-electron chi connectivity index (χ4n) is 4.56. The number of benzene rings is 1. The van der Waals surface area contributed by atoms with E-state index in [1.54, 1.807) is 0 Å². The molecule has 0 aromatic heterocycles. The molecule has 0 saturated heterocycles. The molecule has 0 aliphatic heterocycles. The van der Waals surface area contributed by atoms with Crippen molar-refractivity contribution >= 4 is 23.2 Å². The number of Topliss-reactive ketones (excluding diaryl/α,β-unsaturated/α-hetero) is 2. The molecular formula is C19H23NO3. The van der Waals surface area contributed by atoms with Gasteiger partial charge < -0.3 is 5.32 Å². The minimum Gasteiger partial charge on any atom is -0.325 e. The number of anilines is 1. The first-order chi connectivity index (χ1) is 10.6. The summed E-state index contributed by atoms with van der Waals surface area (Å²) >= 11 is 0. The van der Waals surface area contributed by atoms with Crippen LogP contribution in [-0.4, -0.2) is 17.5 Å². The third-order valence-corrected chi connectivity index (χ3v) is 6.41. The van der Waals surface area contributed by atoms with Crippen molar-refractivity contribution in [2.75, 3.05) is 5.32 Å². The van der Waals surface area contributed by atoms with Crippen molar-refractivity contribution in [2.45, 2.75) is 47.5 Å². The van der Waals surface area contributed by atoms with Gasteiger partial charge in [0.15, 0.2) is 0 Å². The van der Waals surface area contributed by atoms with Gasteiger partial charge in [0.2, 0.25) is 17.5 Å². The quantitative estimate of drug-likeness (QED) is 0.673. The van der Waals surface area contributed by atoms with Crippen LogP contribution in [0.3, 0.4) is 0 Å². The van der Waals surface area contributed by atoms with E-state index >= 15 is 0 Å². The Labute approximate surface area is 136 Å². The predicted octanol–water partition coefficient (Wildman–Crippen LogP) is 3.21. The van der Waals surface area contributed by atoms with E-state index in [2.05, 4.69) is 5.32 Å². The van der Waals surface area contributed by atoms with Gasteiger partial charge in [0.1, 0.15) is 5.41 Å². The Kier molecular flexibility index (Phi) is 3.13. The normalized spacial score (nSPS) is 31.5. The summed E-state index contributed by atoms with van der Waals surface area (Å²) in [6.45, 7) is 9.50. The topological polar surface area (TPSA) is 63.2 Å². The molecule has 2 aliphatic rings. The molecule has 4 heteroatoms. The maximum atomic E-state index is 13.0. The molecule has 2 fully saturated rings. The summed E-state index contributed by atoms with van der Waals surface area (Å²) in [6.07, 6.45) is 1.03.